The van der Waals surface area contributed by atoms with Crippen molar-refractivity contribution >= 4 is 34.2 Å². The van der Waals surface area contributed by atoms with Crippen molar-refractivity contribution < 1.29 is 14.3 Å². The lowest BCUT2D eigenvalue weighted by Crippen LogP contribution is -2.37. The number of amides is 1. The average molecular weight is 493 g/mol. The normalized spacial score (nSPS) is 20.8. The third kappa shape index (κ3) is 4.89. The highest BCUT2D eigenvalue weighted by molar-refractivity contribution is 8.14. The van der Waals surface area contributed by atoms with Crippen LogP contribution in [0.2, 0.25) is 0 Å². The molecule has 3 aliphatic rings. The number of methoxy groups -OCH3 is 2. The van der Waals surface area contributed by atoms with E-state index in [4.69, 9.17) is 14.5 Å². The van der Waals surface area contributed by atoms with Crippen LogP contribution in [0.3, 0.4) is 0 Å². The SMILES string of the molecule is COc1ccc(C(=NC2CCCC2)N2CCCc3cc(C4=NNC(=O)SC4C)ccc32)cc1OC. The molecule has 184 valence electrons. The summed E-state index contributed by atoms with van der Waals surface area (Å²) in [5.41, 5.74) is 8.09. The summed E-state index contributed by atoms with van der Waals surface area (Å²) in [6.45, 7) is 2.94. The Labute approximate surface area is 211 Å². The lowest BCUT2D eigenvalue weighted by molar-refractivity contribution is 0.261. The third-order valence-corrected chi connectivity index (χ3v) is 7.84. The Kier molecular flexibility index (Phi) is 7.00. The molecule has 1 amide bonds. The molecule has 2 aliphatic heterocycles. The van der Waals surface area contributed by atoms with E-state index in [2.05, 4.69) is 39.7 Å². The van der Waals surface area contributed by atoms with Gasteiger partial charge in [0.25, 0.3) is 5.24 Å². The summed E-state index contributed by atoms with van der Waals surface area (Å²) < 4.78 is 11.1. The Morgan fingerprint density at radius 2 is 1.89 bits per heavy atom. The minimum atomic E-state index is -0.104. The van der Waals surface area contributed by atoms with Crippen LogP contribution in [-0.4, -0.2) is 48.8 Å². The molecular formula is C27H32N4O3S. The molecule has 0 radical (unpaired) electrons. The number of hydrogen-bond acceptors (Lipinski definition) is 6. The molecule has 1 unspecified atom stereocenters. The molecule has 0 aromatic heterocycles. The van der Waals surface area contributed by atoms with Crippen molar-refractivity contribution in [2.45, 2.75) is 56.7 Å². The summed E-state index contributed by atoms with van der Waals surface area (Å²) in [6.07, 6.45) is 6.80. The van der Waals surface area contributed by atoms with Gasteiger partial charge in [0.2, 0.25) is 0 Å². The molecule has 0 saturated heterocycles. The number of thioether (sulfide) groups is 1. The number of hydrazone groups is 1. The van der Waals surface area contributed by atoms with E-state index in [0.717, 1.165) is 54.9 Å². The number of carbonyl (C=O) groups excluding carboxylic acids is 1. The van der Waals surface area contributed by atoms with Crippen LogP contribution in [0.25, 0.3) is 0 Å². The minimum absolute atomic E-state index is 0.0211. The predicted molar refractivity (Wildman–Crippen MR) is 143 cm³/mol. The summed E-state index contributed by atoms with van der Waals surface area (Å²) in [7, 11) is 3.33. The summed E-state index contributed by atoms with van der Waals surface area (Å²) in [5, 5.41) is 4.27. The first kappa shape index (κ1) is 23.7. The summed E-state index contributed by atoms with van der Waals surface area (Å²) in [5.74, 6) is 2.42. The lowest BCUT2D eigenvalue weighted by Gasteiger charge is -2.33. The molecule has 2 aromatic rings. The van der Waals surface area contributed by atoms with Gasteiger partial charge in [-0.15, -0.1) is 0 Å². The number of nitrogens with one attached hydrogen (secondary N) is 1. The third-order valence-electron chi connectivity index (χ3n) is 6.96. The fourth-order valence-corrected chi connectivity index (χ4v) is 5.92. The predicted octanol–water partition coefficient (Wildman–Crippen LogP) is 5.39. The first-order valence-corrected chi connectivity index (χ1v) is 13.2. The zero-order valence-electron chi connectivity index (χ0n) is 20.5. The molecule has 35 heavy (non-hydrogen) atoms. The fraction of sp³-hybridized carbons (Fsp3) is 0.444. The molecule has 1 atom stereocenters. The number of amidine groups is 1. The van der Waals surface area contributed by atoms with Crippen LogP contribution >= 0.6 is 11.8 Å². The lowest BCUT2D eigenvalue weighted by atomic mass is 9.96. The second-order valence-electron chi connectivity index (χ2n) is 9.22. The van der Waals surface area contributed by atoms with E-state index >= 15 is 0 Å². The molecule has 7 nitrogen and oxygen atoms in total. The summed E-state index contributed by atoms with van der Waals surface area (Å²) >= 11 is 1.28. The van der Waals surface area contributed by atoms with Crippen molar-refractivity contribution in [3.63, 3.8) is 0 Å². The molecule has 1 aliphatic carbocycles. The Morgan fingerprint density at radius 1 is 1.09 bits per heavy atom. The Hall–Kier alpha value is -3.00. The second kappa shape index (κ2) is 10.3. The monoisotopic (exact) mass is 492 g/mol. The number of nitrogens with zero attached hydrogens (tertiary/aromatic N) is 3. The number of aryl methyl sites for hydroxylation is 1. The summed E-state index contributed by atoms with van der Waals surface area (Å²) in [6, 6.07) is 13.0. The maximum Gasteiger partial charge on any atom is 0.299 e. The van der Waals surface area contributed by atoms with E-state index in [9.17, 15) is 4.79 Å². The zero-order valence-corrected chi connectivity index (χ0v) is 21.4. The van der Waals surface area contributed by atoms with Crippen molar-refractivity contribution in [1.82, 2.24) is 5.43 Å². The van der Waals surface area contributed by atoms with Gasteiger partial charge < -0.3 is 14.4 Å². The van der Waals surface area contributed by atoms with Gasteiger partial charge in [0, 0.05) is 17.8 Å². The number of benzene rings is 2. The largest absolute Gasteiger partial charge is 0.493 e. The second-order valence-corrected chi connectivity index (χ2v) is 10.5. The van der Waals surface area contributed by atoms with Crippen molar-refractivity contribution in [3.8, 4) is 11.5 Å². The molecule has 0 bridgehead atoms. The molecule has 2 heterocycles. The first-order valence-electron chi connectivity index (χ1n) is 12.3. The zero-order chi connectivity index (χ0) is 24.4. The van der Waals surface area contributed by atoms with Gasteiger partial charge in [0.15, 0.2) is 11.5 Å². The van der Waals surface area contributed by atoms with Gasteiger partial charge in [-0.25, -0.2) is 5.43 Å². The first-order chi connectivity index (χ1) is 17.1. The van der Waals surface area contributed by atoms with E-state index in [-0.39, 0.29) is 10.5 Å². The highest BCUT2D eigenvalue weighted by Gasteiger charge is 2.28. The smallest absolute Gasteiger partial charge is 0.299 e. The highest BCUT2D eigenvalue weighted by Crippen LogP contribution is 2.34. The molecule has 5 rings (SSSR count). The number of anilines is 1. The van der Waals surface area contributed by atoms with E-state index in [1.165, 1.54) is 35.9 Å². The van der Waals surface area contributed by atoms with Crippen molar-refractivity contribution in [3.05, 3.63) is 53.1 Å². The van der Waals surface area contributed by atoms with Crippen LogP contribution in [0.15, 0.2) is 46.5 Å². The van der Waals surface area contributed by atoms with Gasteiger partial charge in [-0.1, -0.05) is 30.7 Å². The average Bonchev–Trinajstić information content (AvgIpc) is 3.39. The summed E-state index contributed by atoms with van der Waals surface area (Å²) in [4.78, 5) is 19.3. The maximum absolute atomic E-state index is 11.7. The van der Waals surface area contributed by atoms with Crippen LogP contribution < -0.4 is 19.8 Å². The van der Waals surface area contributed by atoms with Crippen LogP contribution in [0.1, 0.15) is 55.7 Å². The topological polar surface area (TPSA) is 75.5 Å². The Morgan fingerprint density at radius 3 is 2.63 bits per heavy atom. The maximum atomic E-state index is 11.7. The van der Waals surface area contributed by atoms with E-state index in [0.29, 0.717) is 17.5 Å². The van der Waals surface area contributed by atoms with E-state index < -0.39 is 0 Å². The fourth-order valence-electron chi connectivity index (χ4n) is 5.20. The van der Waals surface area contributed by atoms with Gasteiger partial charge in [-0.05, 0) is 74.1 Å². The van der Waals surface area contributed by atoms with E-state index in [1.807, 2.05) is 19.1 Å². The molecule has 1 N–H and O–H groups in total. The number of carbonyl (C=O) groups is 1. The standard InChI is InChI=1S/C27H32N4O3S/c1-17-25(29-30-27(32)35-17)19-10-12-22-18(15-19)7-6-14-31(22)26(28-21-8-4-5-9-21)20-11-13-23(33-2)24(16-20)34-3/h10-13,15-17,21H,4-9,14H2,1-3H3,(H,30,32). The number of aliphatic imine (C=N–C) groups is 1. The van der Waals surface area contributed by atoms with E-state index in [1.54, 1.807) is 14.2 Å². The van der Waals surface area contributed by atoms with Gasteiger partial charge in [0.1, 0.15) is 5.84 Å². The molecule has 8 heteroatoms. The van der Waals surface area contributed by atoms with Crippen LogP contribution in [0.5, 0.6) is 11.5 Å². The van der Waals surface area contributed by atoms with Crippen molar-refractivity contribution in [2.24, 2.45) is 10.1 Å². The van der Waals surface area contributed by atoms with Crippen LogP contribution in [-0.2, 0) is 6.42 Å². The van der Waals surface area contributed by atoms with Crippen molar-refractivity contribution in [2.75, 3.05) is 25.7 Å². The number of rotatable bonds is 5. The highest BCUT2D eigenvalue weighted by atomic mass is 32.2. The van der Waals surface area contributed by atoms with Crippen LogP contribution in [0.4, 0.5) is 10.5 Å². The molecule has 0 spiro atoms. The van der Waals surface area contributed by atoms with Crippen LogP contribution in [0, 0.1) is 0 Å². The number of hydrogen-bond donors (Lipinski definition) is 1. The van der Waals surface area contributed by atoms with Gasteiger partial charge in [0.05, 0.1) is 31.2 Å². The molecule has 1 saturated carbocycles. The Balaban J connectivity index is 1.54. The molecule has 2 aromatic carbocycles. The molecule has 1 fully saturated rings. The quantitative estimate of drug-likeness (QED) is 0.447. The Bertz CT molecular complexity index is 1170. The molecular weight excluding hydrogens is 460 g/mol. The van der Waals surface area contributed by atoms with Gasteiger partial charge in [-0.3, -0.25) is 9.79 Å². The number of fused-ring (bicyclic) bond motifs is 1. The van der Waals surface area contributed by atoms with Gasteiger partial charge in [-0.2, -0.15) is 5.10 Å². The number of ether oxygens (including phenoxy) is 2. The van der Waals surface area contributed by atoms with Gasteiger partial charge >= 0.3 is 0 Å². The minimum Gasteiger partial charge on any atom is -0.493 e. The van der Waals surface area contributed by atoms with Crippen molar-refractivity contribution in [1.29, 1.82) is 0 Å².